The number of fused-ring (bicyclic) bond motifs is 3. The van der Waals surface area contributed by atoms with Crippen molar-refractivity contribution in [1.29, 1.82) is 0 Å². The molecule has 1 N–H and O–H groups in total. The lowest BCUT2D eigenvalue weighted by molar-refractivity contribution is -0.118. The Labute approximate surface area is 199 Å². The minimum atomic E-state index is -0.252. The molecule has 0 aliphatic carbocycles. The Morgan fingerprint density at radius 1 is 1.33 bits per heavy atom. The molecule has 0 fully saturated rings. The van der Waals surface area contributed by atoms with Crippen molar-refractivity contribution < 1.29 is 13.9 Å². The summed E-state index contributed by atoms with van der Waals surface area (Å²) in [7, 11) is 0. The highest BCUT2D eigenvalue weighted by Crippen LogP contribution is 2.42. The molecule has 10 heteroatoms. The van der Waals surface area contributed by atoms with Crippen molar-refractivity contribution in [1.82, 2.24) is 25.1 Å². The van der Waals surface area contributed by atoms with Gasteiger partial charge in [0.05, 0.1) is 36.5 Å². The van der Waals surface area contributed by atoms with Gasteiger partial charge in [-0.05, 0) is 51.5 Å². The van der Waals surface area contributed by atoms with E-state index in [1.807, 2.05) is 26.0 Å². The van der Waals surface area contributed by atoms with Crippen molar-refractivity contribution in [2.24, 2.45) is 0 Å². The first-order valence-electron chi connectivity index (χ1n) is 10.7. The third-order valence-corrected chi connectivity index (χ3v) is 7.54. The van der Waals surface area contributed by atoms with Crippen LogP contribution >= 0.6 is 23.1 Å². The van der Waals surface area contributed by atoms with Crippen LogP contribution in [0.25, 0.3) is 16.2 Å². The van der Waals surface area contributed by atoms with Crippen LogP contribution in [0, 0.1) is 13.8 Å². The number of aryl methyl sites for hydroxylation is 2. The predicted octanol–water partition coefficient (Wildman–Crippen LogP) is 4.35. The van der Waals surface area contributed by atoms with Gasteiger partial charge in [0, 0.05) is 22.4 Å². The summed E-state index contributed by atoms with van der Waals surface area (Å²) in [5, 5.41) is 9.28. The first-order chi connectivity index (χ1) is 15.8. The highest BCUT2D eigenvalue weighted by atomic mass is 32.2. The average molecular weight is 484 g/mol. The van der Waals surface area contributed by atoms with Gasteiger partial charge >= 0.3 is 0 Å². The normalized spacial score (nSPS) is 15.0. The fraction of sp³-hybridized carbons (Fsp3) is 0.391. The van der Waals surface area contributed by atoms with Gasteiger partial charge in [-0.15, -0.1) is 11.3 Å². The van der Waals surface area contributed by atoms with Crippen LogP contribution in [0.2, 0.25) is 0 Å². The third kappa shape index (κ3) is 4.55. The van der Waals surface area contributed by atoms with Crippen LogP contribution in [0.4, 0.5) is 0 Å². The standard InChI is InChI=1S/C23H25N5O3S2/c1-13-8-14(2)28(27-13)22-25-20(32-12-18(29)24-10-15-6-5-7-30-15)19-16-9-23(3,4)31-11-17(16)33-21(19)26-22/h5-8H,9-12H2,1-4H3,(H,24,29). The molecular weight excluding hydrogens is 458 g/mol. The van der Waals surface area contributed by atoms with Crippen LogP contribution in [0.5, 0.6) is 0 Å². The molecular formula is C23H25N5O3S2. The van der Waals surface area contributed by atoms with E-state index < -0.39 is 0 Å². The lowest BCUT2D eigenvalue weighted by atomic mass is 9.95. The number of furan rings is 1. The van der Waals surface area contributed by atoms with Crippen molar-refractivity contribution in [2.75, 3.05) is 5.75 Å². The number of hydrogen-bond acceptors (Lipinski definition) is 8. The zero-order chi connectivity index (χ0) is 23.2. The van der Waals surface area contributed by atoms with Crippen molar-refractivity contribution in [3.05, 3.63) is 52.1 Å². The van der Waals surface area contributed by atoms with E-state index in [0.29, 0.717) is 19.1 Å². The number of aromatic nitrogens is 4. The molecule has 0 bridgehead atoms. The molecule has 4 aromatic heterocycles. The molecule has 5 heterocycles. The van der Waals surface area contributed by atoms with Crippen LogP contribution in [-0.4, -0.2) is 37.0 Å². The molecule has 0 atom stereocenters. The highest BCUT2D eigenvalue weighted by molar-refractivity contribution is 8.00. The minimum Gasteiger partial charge on any atom is -0.467 e. The van der Waals surface area contributed by atoms with E-state index in [1.165, 1.54) is 22.2 Å². The molecule has 8 nitrogen and oxygen atoms in total. The summed E-state index contributed by atoms with van der Waals surface area (Å²) in [6, 6.07) is 5.64. The smallest absolute Gasteiger partial charge is 0.253 e. The Hall–Kier alpha value is -2.69. The Morgan fingerprint density at radius 2 is 2.18 bits per heavy atom. The monoisotopic (exact) mass is 483 g/mol. The van der Waals surface area contributed by atoms with Gasteiger partial charge < -0.3 is 14.5 Å². The fourth-order valence-corrected chi connectivity index (χ4v) is 5.96. The van der Waals surface area contributed by atoms with E-state index in [9.17, 15) is 4.79 Å². The molecule has 33 heavy (non-hydrogen) atoms. The Bertz CT molecular complexity index is 1320. The summed E-state index contributed by atoms with van der Waals surface area (Å²) in [4.78, 5) is 24.3. The Balaban J connectivity index is 1.49. The second-order valence-corrected chi connectivity index (χ2v) is 10.8. The summed E-state index contributed by atoms with van der Waals surface area (Å²) >= 11 is 3.06. The third-order valence-electron chi connectivity index (χ3n) is 5.46. The van der Waals surface area contributed by atoms with E-state index in [2.05, 4.69) is 24.3 Å². The number of hydrogen-bond donors (Lipinski definition) is 1. The summed E-state index contributed by atoms with van der Waals surface area (Å²) in [5.41, 5.74) is 2.84. The number of nitrogens with zero attached hydrogens (tertiary/aromatic N) is 4. The van der Waals surface area contributed by atoms with Crippen molar-refractivity contribution in [3.63, 3.8) is 0 Å². The molecule has 0 aromatic carbocycles. The average Bonchev–Trinajstić information content (AvgIpc) is 3.48. The van der Waals surface area contributed by atoms with Gasteiger partial charge in [0.25, 0.3) is 5.95 Å². The van der Waals surface area contributed by atoms with Crippen LogP contribution < -0.4 is 5.32 Å². The Morgan fingerprint density at radius 3 is 2.91 bits per heavy atom. The number of carbonyl (C=O) groups is 1. The van der Waals surface area contributed by atoms with Gasteiger partial charge in [-0.2, -0.15) is 10.1 Å². The maximum Gasteiger partial charge on any atom is 0.253 e. The van der Waals surface area contributed by atoms with Gasteiger partial charge in [0.2, 0.25) is 5.91 Å². The van der Waals surface area contributed by atoms with Gasteiger partial charge in [0.1, 0.15) is 15.6 Å². The first kappa shape index (κ1) is 22.1. The number of nitrogens with one attached hydrogen (secondary N) is 1. The summed E-state index contributed by atoms with van der Waals surface area (Å²) in [5.74, 6) is 1.40. The van der Waals surface area contributed by atoms with Gasteiger partial charge in [-0.1, -0.05) is 11.8 Å². The van der Waals surface area contributed by atoms with E-state index in [4.69, 9.17) is 19.1 Å². The lowest BCUT2D eigenvalue weighted by Crippen LogP contribution is -2.31. The van der Waals surface area contributed by atoms with Crippen molar-refractivity contribution >= 4 is 39.2 Å². The minimum absolute atomic E-state index is 0.0800. The number of amides is 1. The zero-order valence-corrected chi connectivity index (χ0v) is 20.6. The number of thioether (sulfide) groups is 1. The quantitative estimate of drug-likeness (QED) is 0.322. The van der Waals surface area contributed by atoms with Gasteiger partial charge in [-0.3, -0.25) is 4.79 Å². The summed E-state index contributed by atoms with van der Waals surface area (Å²) < 4.78 is 13.1. The van der Waals surface area contributed by atoms with E-state index in [0.717, 1.165) is 38.8 Å². The largest absolute Gasteiger partial charge is 0.467 e. The second-order valence-electron chi connectivity index (χ2n) is 8.72. The molecule has 1 aliphatic heterocycles. The number of rotatable bonds is 6. The van der Waals surface area contributed by atoms with Crippen LogP contribution in [0.15, 0.2) is 33.9 Å². The number of carbonyl (C=O) groups excluding carboxylic acids is 1. The molecule has 0 saturated heterocycles. The van der Waals surface area contributed by atoms with Crippen LogP contribution in [0.3, 0.4) is 0 Å². The molecule has 1 amide bonds. The zero-order valence-electron chi connectivity index (χ0n) is 19.0. The van der Waals surface area contributed by atoms with E-state index in [-0.39, 0.29) is 17.3 Å². The summed E-state index contributed by atoms with van der Waals surface area (Å²) in [6.45, 7) is 9.05. The highest BCUT2D eigenvalue weighted by Gasteiger charge is 2.31. The van der Waals surface area contributed by atoms with E-state index >= 15 is 0 Å². The van der Waals surface area contributed by atoms with Crippen molar-refractivity contribution in [3.8, 4) is 5.95 Å². The summed E-state index contributed by atoms with van der Waals surface area (Å²) in [6.07, 6.45) is 2.38. The number of thiophene rings is 1. The maximum absolute atomic E-state index is 12.5. The molecule has 0 unspecified atom stereocenters. The molecule has 1 aliphatic rings. The van der Waals surface area contributed by atoms with Gasteiger partial charge in [-0.25, -0.2) is 9.67 Å². The van der Waals surface area contributed by atoms with Gasteiger partial charge in [0.15, 0.2) is 0 Å². The lowest BCUT2D eigenvalue weighted by Gasteiger charge is -2.30. The van der Waals surface area contributed by atoms with E-state index in [1.54, 1.807) is 28.3 Å². The SMILES string of the molecule is Cc1cc(C)n(-c2nc(SCC(=O)NCc3ccco3)c3c4c(sc3n2)COC(C)(C)C4)n1. The van der Waals surface area contributed by atoms with Crippen LogP contribution in [0.1, 0.15) is 41.4 Å². The molecule has 4 aromatic rings. The van der Waals surface area contributed by atoms with Crippen molar-refractivity contribution in [2.45, 2.75) is 57.9 Å². The fourth-order valence-electron chi connectivity index (χ4n) is 3.92. The predicted molar refractivity (Wildman–Crippen MR) is 128 cm³/mol. The topological polar surface area (TPSA) is 95.1 Å². The maximum atomic E-state index is 12.5. The molecule has 0 saturated carbocycles. The Kier molecular flexibility index (Phi) is 5.75. The van der Waals surface area contributed by atoms with Crippen LogP contribution in [-0.2, 0) is 29.1 Å². The molecule has 0 spiro atoms. The first-order valence-corrected chi connectivity index (χ1v) is 12.5. The number of ether oxygens (including phenoxy) is 1. The molecule has 5 rings (SSSR count). The second kappa shape index (κ2) is 8.58. The molecule has 172 valence electrons. The molecule has 0 radical (unpaired) electrons.